The normalized spacial score (nSPS) is 16.6. The number of hydrogen-bond acceptors (Lipinski definition) is 4. The van der Waals surface area contributed by atoms with E-state index in [1.54, 1.807) is 36.3 Å². The summed E-state index contributed by atoms with van der Waals surface area (Å²) < 4.78 is 0. The van der Waals surface area contributed by atoms with Crippen LogP contribution in [0.1, 0.15) is 23.2 Å². The van der Waals surface area contributed by atoms with Gasteiger partial charge < -0.3 is 15.5 Å². The number of nitrogens with one attached hydrogen (secondary N) is 2. The lowest BCUT2D eigenvalue weighted by Gasteiger charge is -2.33. The van der Waals surface area contributed by atoms with Crippen LogP contribution in [0.2, 0.25) is 0 Å². The van der Waals surface area contributed by atoms with Crippen LogP contribution in [0.15, 0.2) is 53.7 Å². The first-order chi connectivity index (χ1) is 13.2. The van der Waals surface area contributed by atoms with Crippen molar-refractivity contribution >= 4 is 29.4 Å². The molecule has 0 aliphatic carbocycles. The monoisotopic (exact) mass is 384 g/mol. The summed E-state index contributed by atoms with van der Waals surface area (Å²) in [5, 5.41) is 5.97. The third-order valence-electron chi connectivity index (χ3n) is 4.63. The van der Waals surface area contributed by atoms with Crippen LogP contribution in [0.3, 0.4) is 0 Å². The number of urea groups is 1. The van der Waals surface area contributed by atoms with Gasteiger partial charge in [0.1, 0.15) is 0 Å². The molecule has 1 saturated heterocycles. The Morgan fingerprint density at radius 1 is 1.26 bits per heavy atom. The minimum atomic E-state index is -0.126. The van der Waals surface area contributed by atoms with Gasteiger partial charge in [0, 0.05) is 36.9 Å². The number of amides is 3. The van der Waals surface area contributed by atoms with Crippen molar-refractivity contribution in [3.8, 4) is 0 Å². The van der Waals surface area contributed by atoms with E-state index >= 15 is 0 Å². The summed E-state index contributed by atoms with van der Waals surface area (Å²) in [4.78, 5) is 31.7. The van der Waals surface area contributed by atoms with E-state index in [4.69, 9.17) is 0 Å². The Kier molecular flexibility index (Phi) is 6.70. The maximum atomic E-state index is 12.7. The first-order valence-corrected chi connectivity index (χ1v) is 10.3. The Morgan fingerprint density at radius 2 is 2.11 bits per heavy atom. The lowest BCUT2D eigenvalue weighted by Crippen LogP contribution is -2.45. The SMILES string of the molecule is CSc1ccccc1NC(=O)N1CCC[C@@H](CNC(=O)c2cccnc2)C1. The quantitative estimate of drug-likeness (QED) is 0.774. The van der Waals surface area contributed by atoms with Crippen molar-refractivity contribution in [3.05, 3.63) is 54.4 Å². The van der Waals surface area contributed by atoms with Gasteiger partial charge in [-0.1, -0.05) is 12.1 Å². The van der Waals surface area contributed by atoms with Crippen molar-refractivity contribution in [2.75, 3.05) is 31.2 Å². The van der Waals surface area contributed by atoms with Gasteiger partial charge in [-0.2, -0.15) is 0 Å². The number of piperidine rings is 1. The maximum absolute atomic E-state index is 12.7. The molecule has 0 saturated carbocycles. The first kappa shape index (κ1) is 19.2. The van der Waals surface area contributed by atoms with E-state index in [1.165, 1.54) is 0 Å². The molecule has 7 heteroatoms. The number of hydrogen-bond donors (Lipinski definition) is 2. The Balaban J connectivity index is 1.53. The average molecular weight is 385 g/mol. The van der Waals surface area contributed by atoms with Crippen LogP contribution in [0.4, 0.5) is 10.5 Å². The molecule has 1 atom stereocenters. The van der Waals surface area contributed by atoms with Gasteiger partial charge in [0.25, 0.3) is 5.91 Å². The molecule has 2 aromatic rings. The summed E-state index contributed by atoms with van der Waals surface area (Å²) in [6.45, 7) is 1.93. The molecular weight excluding hydrogens is 360 g/mol. The van der Waals surface area contributed by atoms with Crippen LogP contribution >= 0.6 is 11.8 Å². The number of carbonyl (C=O) groups is 2. The number of likely N-dealkylation sites (tertiary alicyclic amines) is 1. The zero-order chi connectivity index (χ0) is 19.1. The third kappa shape index (κ3) is 5.23. The van der Waals surface area contributed by atoms with Crippen molar-refractivity contribution in [2.24, 2.45) is 5.92 Å². The van der Waals surface area contributed by atoms with E-state index < -0.39 is 0 Å². The fourth-order valence-electron chi connectivity index (χ4n) is 3.19. The lowest BCUT2D eigenvalue weighted by atomic mass is 9.98. The summed E-state index contributed by atoms with van der Waals surface area (Å²) in [6, 6.07) is 11.2. The van der Waals surface area contributed by atoms with Gasteiger partial charge in [-0.3, -0.25) is 9.78 Å². The first-order valence-electron chi connectivity index (χ1n) is 9.04. The number of para-hydroxylation sites is 1. The van der Waals surface area contributed by atoms with Crippen LogP contribution in [-0.2, 0) is 0 Å². The molecule has 0 radical (unpaired) electrons. The van der Waals surface area contributed by atoms with E-state index in [1.807, 2.05) is 35.4 Å². The van der Waals surface area contributed by atoms with Gasteiger partial charge >= 0.3 is 6.03 Å². The summed E-state index contributed by atoms with van der Waals surface area (Å²) in [7, 11) is 0. The Hall–Kier alpha value is -2.54. The molecule has 2 N–H and O–H groups in total. The van der Waals surface area contributed by atoms with Crippen molar-refractivity contribution < 1.29 is 9.59 Å². The third-order valence-corrected chi connectivity index (χ3v) is 5.43. The second kappa shape index (κ2) is 9.41. The molecule has 1 fully saturated rings. The highest BCUT2D eigenvalue weighted by Crippen LogP contribution is 2.25. The van der Waals surface area contributed by atoms with E-state index in [2.05, 4.69) is 15.6 Å². The maximum Gasteiger partial charge on any atom is 0.321 e. The molecule has 3 rings (SSSR count). The van der Waals surface area contributed by atoms with Crippen LogP contribution in [0, 0.1) is 5.92 Å². The van der Waals surface area contributed by atoms with Crippen molar-refractivity contribution in [1.29, 1.82) is 0 Å². The van der Waals surface area contributed by atoms with Crippen molar-refractivity contribution in [3.63, 3.8) is 0 Å². The Bertz CT molecular complexity index is 785. The number of pyridine rings is 1. The van der Waals surface area contributed by atoms with E-state index in [9.17, 15) is 9.59 Å². The summed E-state index contributed by atoms with van der Waals surface area (Å²) in [5.74, 6) is 0.125. The Morgan fingerprint density at radius 3 is 2.89 bits per heavy atom. The van der Waals surface area contributed by atoms with Gasteiger partial charge in [-0.25, -0.2) is 4.79 Å². The number of carbonyl (C=O) groups excluding carboxylic acids is 2. The predicted molar refractivity (Wildman–Crippen MR) is 108 cm³/mol. The molecule has 0 unspecified atom stereocenters. The molecule has 1 aliphatic heterocycles. The smallest absolute Gasteiger partial charge is 0.321 e. The lowest BCUT2D eigenvalue weighted by molar-refractivity contribution is 0.0938. The van der Waals surface area contributed by atoms with Gasteiger partial charge in [0.15, 0.2) is 0 Å². The highest BCUT2D eigenvalue weighted by molar-refractivity contribution is 7.98. The highest BCUT2D eigenvalue weighted by Gasteiger charge is 2.24. The molecular formula is C20H24N4O2S. The largest absolute Gasteiger partial charge is 0.352 e. The molecule has 0 bridgehead atoms. The predicted octanol–water partition coefficient (Wildman–Crippen LogP) is 3.48. The van der Waals surface area contributed by atoms with E-state index in [-0.39, 0.29) is 17.9 Å². The van der Waals surface area contributed by atoms with Crippen LogP contribution in [0.5, 0.6) is 0 Å². The Labute approximate surface area is 163 Å². The molecule has 2 heterocycles. The van der Waals surface area contributed by atoms with Crippen LogP contribution in [-0.4, -0.2) is 47.7 Å². The number of nitrogens with zero attached hydrogens (tertiary/aromatic N) is 2. The average Bonchev–Trinajstić information content (AvgIpc) is 2.73. The molecule has 3 amide bonds. The number of benzene rings is 1. The summed E-state index contributed by atoms with van der Waals surface area (Å²) >= 11 is 1.61. The standard InChI is InChI=1S/C20H24N4O2S/c1-27-18-9-3-2-8-17(18)23-20(26)24-11-5-6-15(14-24)12-22-19(25)16-7-4-10-21-13-16/h2-4,7-10,13,15H,5-6,11-12,14H2,1H3,(H,22,25)(H,23,26)/t15-/m0/s1. The van der Waals surface area contributed by atoms with Gasteiger partial charge in [-0.15, -0.1) is 11.8 Å². The number of aromatic nitrogens is 1. The molecule has 142 valence electrons. The molecule has 0 spiro atoms. The number of rotatable bonds is 5. The van der Waals surface area contributed by atoms with E-state index in [0.717, 1.165) is 30.0 Å². The van der Waals surface area contributed by atoms with E-state index in [0.29, 0.717) is 18.7 Å². The van der Waals surface area contributed by atoms with Crippen LogP contribution in [0.25, 0.3) is 0 Å². The minimum absolute atomic E-state index is 0.0835. The summed E-state index contributed by atoms with van der Waals surface area (Å²) in [6.07, 6.45) is 7.12. The fourth-order valence-corrected chi connectivity index (χ4v) is 3.75. The zero-order valence-electron chi connectivity index (χ0n) is 15.4. The fraction of sp³-hybridized carbons (Fsp3) is 0.350. The zero-order valence-corrected chi connectivity index (χ0v) is 16.2. The molecule has 1 aromatic heterocycles. The molecule has 1 aromatic carbocycles. The second-order valence-corrected chi connectivity index (χ2v) is 7.38. The highest BCUT2D eigenvalue weighted by atomic mass is 32.2. The minimum Gasteiger partial charge on any atom is -0.352 e. The van der Waals surface area contributed by atoms with Gasteiger partial charge in [-0.05, 0) is 49.3 Å². The number of anilines is 1. The topological polar surface area (TPSA) is 74.3 Å². The molecule has 1 aliphatic rings. The molecule has 6 nitrogen and oxygen atoms in total. The molecule has 27 heavy (non-hydrogen) atoms. The van der Waals surface area contributed by atoms with Gasteiger partial charge in [0.05, 0.1) is 11.3 Å². The number of thioether (sulfide) groups is 1. The van der Waals surface area contributed by atoms with Gasteiger partial charge in [0.2, 0.25) is 0 Å². The van der Waals surface area contributed by atoms with Crippen LogP contribution < -0.4 is 10.6 Å². The second-order valence-electron chi connectivity index (χ2n) is 6.54. The van der Waals surface area contributed by atoms with Crippen molar-refractivity contribution in [2.45, 2.75) is 17.7 Å². The summed E-state index contributed by atoms with van der Waals surface area (Å²) in [5.41, 5.74) is 1.39. The van der Waals surface area contributed by atoms with Crippen molar-refractivity contribution in [1.82, 2.24) is 15.2 Å².